The van der Waals surface area contributed by atoms with Gasteiger partial charge in [0, 0.05) is 13.5 Å². The molecule has 0 aliphatic heterocycles. The molecule has 0 saturated heterocycles. The topological polar surface area (TPSA) is 58.3 Å². The van der Waals surface area contributed by atoms with Gasteiger partial charge in [-0.05, 0) is 19.9 Å². The van der Waals surface area contributed by atoms with Crippen molar-refractivity contribution in [2.24, 2.45) is 0 Å². The van der Waals surface area contributed by atoms with E-state index in [2.05, 4.69) is 10.3 Å². The molecule has 1 aromatic rings. The van der Waals surface area contributed by atoms with Crippen molar-refractivity contribution >= 4 is 0 Å². The fourth-order valence-corrected chi connectivity index (χ4v) is 1.14. The fraction of sp³-hybridized carbons (Fsp3) is 0.667. The van der Waals surface area contributed by atoms with Crippen LogP contribution in [-0.4, -0.2) is 23.2 Å². The normalized spacial score (nSPS) is 10.7. The van der Waals surface area contributed by atoms with Gasteiger partial charge in [0.2, 0.25) is 0 Å². The zero-order valence-electron chi connectivity index (χ0n) is 8.13. The first-order valence-electron chi connectivity index (χ1n) is 4.48. The summed E-state index contributed by atoms with van der Waals surface area (Å²) in [6, 6.07) is 0. The summed E-state index contributed by atoms with van der Waals surface area (Å²) in [6.07, 6.45) is 0.770. The van der Waals surface area contributed by atoms with Gasteiger partial charge in [0.15, 0.2) is 5.89 Å². The van der Waals surface area contributed by atoms with Gasteiger partial charge in [-0.3, -0.25) is 0 Å². The molecule has 0 spiro atoms. The van der Waals surface area contributed by atoms with Crippen LogP contribution in [0.5, 0.6) is 0 Å². The Morgan fingerprint density at radius 1 is 1.46 bits per heavy atom. The predicted octanol–water partition coefficient (Wildman–Crippen LogP) is 0.763. The van der Waals surface area contributed by atoms with Crippen molar-refractivity contribution in [1.29, 1.82) is 0 Å². The molecule has 0 radical (unpaired) electrons. The maximum atomic E-state index is 8.55. The van der Waals surface area contributed by atoms with Crippen LogP contribution in [0, 0.1) is 13.8 Å². The number of aryl methyl sites for hydroxylation is 2. The van der Waals surface area contributed by atoms with E-state index in [1.807, 2.05) is 13.8 Å². The molecule has 0 aromatic carbocycles. The standard InChI is InChI=1S/C9H16N2O2/c1-7-9(13-8(2)11-7)6-10-4-3-5-12/h10,12H,3-6H2,1-2H3. The van der Waals surface area contributed by atoms with Crippen LogP contribution in [-0.2, 0) is 6.54 Å². The zero-order chi connectivity index (χ0) is 9.68. The highest BCUT2D eigenvalue weighted by atomic mass is 16.4. The number of rotatable bonds is 5. The Bertz CT molecular complexity index is 258. The molecule has 4 heteroatoms. The summed E-state index contributed by atoms with van der Waals surface area (Å²) in [4.78, 5) is 4.15. The van der Waals surface area contributed by atoms with Gasteiger partial charge in [0.25, 0.3) is 0 Å². The lowest BCUT2D eigenvalue weighted by Crippen LogP contribution is -2.15. The summed E-state index contributed by atoms with van der Waals surface area (Å²) >= 11 is 0. The van der Waals surface area contributed by atoms with Gasteiger partial charge in [-0.25, -0.2) is 4.98 Å². The Morgan fingerprint density at radius 3 is 2.77 bits per heavy atom. The van der Waals surface area contributed by atoms with E-state index in [-0.39, 0.29) is 6.61 Å². The van der Waals surface area contributed by atoms with Crippen molar-refractivity contribution in [1.82, 2.24) is 10.3 Å². The van der Waals surface area contributed by atoms with E-state index in [0.29, 0.717) is 12.4 Å². The van der Waals surface area contributed by atoms with Crippen molar-refractivity contribution in [2.75, 3.05) is 13.2 Å². The highest BCUT2D eigenvalue weighted by Gasteiger charge is 2.04. The molecule has 4 nitrogen and oxygen atoms in total. The number of aliphatic hydroxyl groups excluding tert-OH is 1. The van der Waals surface area contributed by atoms with Crippen molar-refractivity contribution in [3.05, 3.63) is 17.3 Å². The Morgan fingerprint density at radius 2 is 2.23 bits per heavy atom. The molecule has 0 amide bonds. The molecule has 0 bridgehead atoms. The van der Waals surface area contributed by atoms with E-state index in [1.54, 1.807) is 0 Å². The first kappa shape index (κ1) is 10.2. The molecule has 1 heterocycles. The maximum absolute atomic E-state index is 8.55. The van der Waals surface area contributed by atoms with Gasteiger partial charge in [-0.1, -0.05) is 0 Å². The Hall–Kier alpha value is -0.870. The van der Waals surface area contributed by atoms with E-state index < -0.39 is 0 Å². The average molecular weight is 184 g/mol. The number of hydrogen-bond acceptors (Lipinski definition) is 4. The van der Waals surface area contributed by atoms with Crippen LogP contribution in [0.25, 0.3) is 0 Å². The monoisotopic (exact) mass is 184 g/mol. The molecular weight excluding hydrogens is 168 g/mol. The minimum absolute atomic E-state index is 0.224. The average Bonchev–Trinajstić information content (AvgIpc) is 2.39. The molecule has 74 valence electrons. The van der Waals surface area contributed by atoms with Crippen LogP contribution >= 0.6 is 0 Å². The van der Waals surface area contributed by atoms with E-state index in [9.17, 15) is 0 Å². The van der Waals surface area contributed by atoms with Gasteiger partial charge in [-0.15, -0.1) is 0 Å². The number of hydrogen-bond donors (Lipinski definition) is 2. The van der Waals surface area contributed by atoms with E-state index in [4.69, 9.17) is 9.52 Å². The van der Waals surface area contributed by atoms with E-state index >= 15 is 0 Å². The molecule has 13 heavy (non-hydrogen) atoms. The molecule has 0 aliphatic carbocycles. The van der Waals surface area contributed by atoms with Crippen LogP contribution in [0.3, 0.4) is 0 Å². The SMILES string of the molecule is Cc1nc(C)c(CNCCCO)o1. The lowest BCUT2D eigenvalue weighted by atomic mass is 10.3. The largest absolute Gasteiger partial charge is 0.444 e. The first-order chi connectivity index (χ1) is 6.24. The molecule has 0 atom stereocenters. The fourth-order valence-electron chi connectivity index (χ4n) is 1.14. The van der Waals surface area contributed by atoms with Crippen LogP contribution < -0.4 is 5.32 Å². The minimum atomic E-state index is 0.224. The smallest absolute Gasteiger partial charge is 0.191 e. The van der Waals surface area contributed by atoms with Crippen molar-refractivity contribution in [2.45, 2.75) is 26.8 Å². The molecule has 0 unspecified atom stereocenters. The van der Waals surface area contributed by atoms with Gasteiger partial charge in [0.05, 0.1) is 12.2 Å². The van der Waals surface area contributed by atoms with Gasteiger partial charge in [-0.2, -0.15) is 0 Å². The molecule has 0 aliphatic rings. The zero-order valence-corrected chi connectivity index (χ0v) is 8.13. The summed E-state index contributed by atoms with van der Waals surface area (Å²) in [6.45, 7) is 5.48. The molecule has 0 saturated carbocycles. The first-order valence-corrected chi connectivity index (χ1v) is 4.48. The lowest BCUT2D eigenvalue weighted by Gasteiger charge is -2.00. The van der Waals surface area contributed by atoms with Crippen molar-refractivity contribution in [3.63, 3.8) is 0 Å². The number of aliphatic hydroxyl groups is 1. The van der Waals surface area contributed by atoms with Gasteiger partial charge >= 0.3 is 0 Å². The van der Waals surface area contributed by atoms with E-state index in [1.165, 1.54) is 0 Å². The summed E-state index contributed by atoms with van der Waals surface area (Å²) in [5.74, 6) is 1.59. The Kier molecular flexibility index (Phi) is 3.92. The summed E-state index contributed by atoms with van der Waals surface area (Å²) < 4.78 is 5.36. The second-order valence-corrected chi connectivity index (χ2v) is 3.00. The number of nitrogens with one attached hydrogen (secondary N) is 1. The minimum Gasteiger partial charge on any atom is -0.444 e. The number of oxazole rings is 1. The second kappa shape index (κ2) is 4.99. The van der Waals surface area contributed by atoms with Crippen LogP contribution in [0.15, 0.2) is 4.42 Å². The van der Waals surface area contributed by atoms with Crippen LogP contribution in [0.2, 0.25) is 0 Å². The molecule has 2 N–H and O–H groups in total. The summed E-state index contributed by atoms with van der Waals surface area (Å²) in [7, 11) is 0. The molecule has 0 fully saturated rings. The van der Waals surface area contributed by atoms with Crippen LogP contribution in [0.4, 0.5) is 0 Å². The highest BCUT2D eigenvalue weighted by molar-refractivity contribution is 5.06. The number of aromatic nitrogens is 1. The van der Waals surface area contributed by atoms with Crippen molar-refractivity contribution < 1.29 is 9.52 Å². The predicted molar refractivity (Wildman–Crippen MR) is 49.4 cm³/mol. The number of nitrogens with zero attached hydrogens (tertiary/aromatic N) is 1. The summed E-state index contributed by atoms with van der Waals surface area (Å²) in [5.41, 5.74) is 0.939. The maximum Gasteiger partial charge on any atom is 0.191 e. The second-order valence-electron chi connectivity index (χ2n) is 3.00. The van der Waals surface area contributed by atoms with Gasteiger partial charge in [0.1, 0.15) is 5.76 Å². The third-order valence-corrected chi connectivity index (χ3v) is 1.80. The van der Waals surface area contributed by atoms with Crippen molar-refractivity contribution in [3.8, 4) is 0 Å². The Labute approximate surface area is 78.0 Å². The highest BCUT2D eigenvalue weighted by Crippen LogP contribution is 2.08. The molecule has 1 aromatic heterocycles. The Balaban J connectivity index is 2.32. The summed E-state index contributed by atoms with van der Waals surface area (Å²) in [5, 5.41) is 11.7. The third-order valence-electron chi connectivity index (χ3n) is 1.80. The van der Waals surface area contributed by atoms with Gasteiger partial charge < -0.3 is 14.8 Å². The quantitative estimate of drug-likeness (QED) is 0.663. The molecule has 1 rings (SSSR count). The third kappa shape index (κ3) is 3.16. The van der Waals surface area contributed by atoms with Crippen LogP contribution in [0.1, 0.15) is 23.8 Å². The lowest BCUT2D eigenvalue weighted by molar-refractivity contribution is 0.285. The van der Waals surface area contributed by atoms with E-state index in [0.717, 1.165) is 24.4 Å². The molecular formula is C9H16N2O2.